The minimum Gasteiger partial charge on any atom is -0.337 e. The Morgan fingerprint density at radius 2 is 2.10 bits per heavy atom. The van der Waals surface area contributed by atoms with E-state index in [0.29, 0.717) is 5.88 Å². The van der Waals surface area contributed by atoms with E-state index in [4.69, 9.17) is 11.6 Å². The number of benzene rings is 1. The molecule has 1 aliphatic heterocycles. The summed E-state index contributed by atoms with van der Waals surface area (Å²) in [6.07, 6.45) is 1.00. The summed E-state index contributed by atoms with van der Waals surface area (Å²) in [5.41, 5.74) is 0.752. The van der Waals surface area contributed by atoms with Crippen LogP contribution in [0.1, 0.15) is 16.8 Å². The number of amides is 1. The lowest BCUT2D eigenvalue weighted by molar-refractivity contribution is 0.0761. The minimum absolute atomic E-state index is 0.114. The second kappa shape index (κ2) is 7.96. The van der Waals surface area contributed by atoms with Gasteiger partial charge < -0.3 is 9.80 Å². The highest BCUT2D eigenvalue weighted by molar-refractivity contribution is 14.1. The monoisotopic (exact) mass is 470 g/mol. The van der Waals surface area contributed by atoms with Crippen molar-refractivity contribution in [2.45, 2.75) is 6.42 Å². The summed E-state index contributed by atoms with van der Waals surface area (Å²) in [4.78, 5) is 16.9. The summed E-state index contributed by atoms with van der Waals surface area (Å²) >= 11 is 11.5. The first kappa shape index (κ1) is 16.5. The molecule has 0 atom stereocenters. The molecule has 6 heteroatoms. The van der Waals surface area contributed by atoms with E-state index < -0.39 is 0 Å². The van der Waals surface area contributed by atoms with Crippen LogP contribution in [0.4, 0.5) is 0 Å². The van der Waals surface area contributed by atoms with Crippen molar-refractivity contribution in [2.75, 3.05) is 38.6 Å². The summed E-state index contributed by atoms with van der Waals surface area (Å²) in [7, 11) is 0. The summed E-state index contributed by atoms with van der Waals surface area (Å²) in [6.45, 7) is 4.41. The molecule has 0 N–H and O–H groups in total. The molecular formula is C14H17BrClIN2O. The van der Waals surface area contributed by atoms with Crippen LogP contribution in [0.25, 0.3) is 0 Å². The van der Waals surface area contributed by atoms with Crippen LogP contribution in [0.3, 0.4) is 0 Å². The van der Waals surface area contributed by atoms with Crippen molar-refractivity contribution in [1.82, 2.24) is 9.80 Å². The maximum atomic E-state index is 12.6. The van der Waals surface area contributed by atoms with Gasteiger partial charge in [-0.1, -0.05) is 0 Å². The van der Waals surface area contributed by atoms with E-state index in [9.17, 15) is 4.79 Å². The van der Waals surface area contributed by atoms with Crippen molar-refractivity contribution >= 4 is 56.0 Å². The summed E-state index contributed by atoms with van der Waals surface area (Å²) in [5.74, 6) is 0.763. The van der Waals surface area contributed by atoms with Gasteiger partial charge in [0.1, 0.15) is 0 Å². The molecule has 20 heavy (non-hydrogen) atoms. The van der Waals surface area contributed by atoms with Crippen LogP contribution in [-0.2, 0) is 0 Å². The summed E-state index contributed by atoms with van der Waals surface area (Å²) in [5, 5.41) is 0. The number of carbonyl (C=O) groups excluding carboxylic acids is 1. The first-order chi connectivity index (χ1) is 9.61. The zero-order chi connectivity index (χ0) is 14.5. The highest BCUT2D eigenvalue weighted by Crippen LogP contribution is 2.21. The fourth-order valence-electron chi connectivity index (χ4n) is 2.35. The van der Waals surface area contributed by atoms with Crippen LogP contribution in [0.5, 0.6) is 0 Å². The van der Waals surface area contributed by atoms with Crippen molar-refractivity contribution in [2.24, 2.45) is 0 Å². The number of nitrogens with zero attached hydrogens (tertiary/aromatic N) is 2. The van der Waals surface area contributed by atoms with Gasteiger partial charge in [-0.2, -0.15) is 0 Å². The van der Waals surface area contributed by atoms with Crippen molar-refractivity contribution in [3.05, 3.63) is 31.8 Å². The van der Waals surface area contributed by atoms with Gasteiger partial charge in [0.2, 0.25) is 0 Å². The zero-order valence-electron chi connectivity index (χ0n) is 11.1. The van der Waals surface area contributed by atoms with Gasteiger partial charge in [0, 0.05) is 40.1 Å². The predicted molar refractivity (Wildman–Crippen MR) is 94.5 cm³/mol. The van der Waals surface area contributed by atoms with E-state index in [1.54, 1.807) is 0 Å². The Labute approximate surface area is 146 Å². The third kappa shape index (κ3) is 4.32. The largest absolute Gasteiger partial charge is 0.337 e. The number of halogens is 3. The average Bonchev–Trinajstić information content (AvgIpc) is 2.67. The van der Waals surface area contributed by atoms with E-state index in [1.165, 1.54) is 0 Å². The zero-order valence-corrected chi connectivity index (χ0v) is 15.6. The van der Waals surface area contributed by atoms with Crippen molar-refractivity contribution < 1.29 is 4.79 Å². The van der Waals surface area contributed by atoms with Crippen LogP contribution in [0, 0.1) is 3.57 Å². The van der Waals surface area contributed by atoms with Gasteiger partial charge >= 0.3 is 0 Å². The van der Waals surface area contributed by atoms with Gasteiger partial charge in [0.15, 0.2) is 0 Å². The van der Waals surface area contributed by atoms with Crippen LogP contribution in [-0.4, -0.2) is 54.3 Å². The molecule has 2 rings (SSSR count). The molecule has 0 aliphatic carbocycles. The average molecular weight is 472 g/mol. The molecule has 110 valence electrons. The molecule has 0 saturated carbocycles. The highest BCUT2D eigenvalue weighted by Gasteiger charge is 2.21. The normalized spacial score (nSPS) is 17.1. The number of alkyl halides is 1. The van der Waals surface area contributed by atoms with Crippen LogP contribution >= 0.6 is 50.1 Å². The molecule has 3 nitrogen and oxygen atoms in total. The molecule has 1 heterocycles. The molecule has 1 fully saturated rings. The Morgan fingerprint density at radius 1 is 1.30 bits per heavy atom. The molecule has 0 radical (unpaired) electrons. The smallest absolute Gasteiger partial charge is 0.255 e. The lowest BCUT2D eigenvalue weighted by Crippen LogP contribution is -2.35. The van der Waals surface area contributed by atoms with E-state index in [2.05, 4.69) is 43.4 Å². The Morgan fingerprint density at radius 3 is 2.85 bits per heavy atom. The van der Waals surface area contributed by atoms with E-state index in [0.717, 1.165) is 52.8 Å². The summed E-state index contributed by atoms with van der Waals surface area (Å²) < 4.78 is 1.94. The molecular weight excluding hydrogens is 454 g/mol. The first-order valence-electron chi connectivity index (χ1n) is 6.64. The molecule has 0 unspecified atom stereocenters. The SMILES string of the molecule is O=C(c1cc(I)ccc1Br)N1CCCN(CCCl)CC1. The third-order valence-corrected chi connectivity index (χ3v) is 4.97. The maximum absolute atomic E-state index is 12.6. The summed E-state index contributed by atoms with van der Waals surface area (Å²) in [6, 6.07) is 5.87. The van der Waals surface area contributed by atoms with Gasteiger partial charge in [-0.25, -0.2) is 0 Å². The second-order valence-electron chi connectivity index (χ2n) is 4.80. The molecule has 1 aromatic carbocycles. The number of hydrogen-bond donors (Lipinski definition) is 0. The topological polar surface area (TPSA) is 23.6 Å². The molecule has 1 aliphatic rings. The van der Waals surface area contributed by atoms with Gasteiger partial charge in [0.05, 0.1) is 5.56 Å². The standard InChI is InChI=1S/C14H17BrClIN2O/c15-13-3-2-11(17)10-12(13)14(20)19-6-1-5-18(7-4-16)8-9-19/h2-3,10H,1,4-9H2. The fraction of sp³-hybridized carbons (Fsp3) is 0.500. The Balaban J connectivity index is 2.07. The Bertz CT molecular complexity index is 486. The van der Waals surface area contributed by atoms with Crippen LogP contribution in [0.15, 0.2) is 22.7 Å². The highest BCUT2D eigenvalue weighted by atomic mass is 127. The van der Waals surface area contributed by atoms with Crippen molar-refractivity contribution in [1.29, 1.82) is 0 Å². The molecule has 0 bridgehead atoms. The van der Waals surface area contributed by atoms with Crippen molar-refractivity contribution in [3.63, 3.8) is 0 Å². The first-order valence-corrected chi connectivity index (χ1v) is 9.05. The molecule has 0 spiro atoms. The molecule has 1 aromatic rings. The quantitative estimate of drug-likeness (QED) is 0.498. The number of carbonyl (C=O) groups is 1. The lowest BCUT2D eigenvalue weighted by Gasteiger charge is -2.22. The predicted octanol–water partition coefficient (Wildman–Crippen LogP) is 3.44. The Hall–Kier alpha value is 0.150. The van der Waals surface area contributed by atoms with E-state index in [-0.39, 0.29) is 5.91 Å². The number of hydrogen-bond acceptors (Lipinski definition) is 2. The van der Waals surface area contributed by atoms with Gasteiger partial charge in [-0.15, -0.1) is 11.6 Å². The third-order valence-electron chi connectivity index (χ3n) is 3.44. The van der Waals surface area contributed by atoms with Gasteiger partial charge in [0.25, 0.3) is 5.91 Å². The molecule has 0 aromatic heterocycles. The Kier molecular flexibility index (Phi) is 6.58. The van der Waals surface area contributed by atoms with Gasteiger partial charge in [-0.05, 0) is 69.7 Å². The van der Waals surface area contributed by atoms with E-state index >= 15 is 0 Å². The maximum Gasteiger partial charge on any atom is 0.255 e. The lowest BCUT2D eigenvalue weighted by atomic mass is 10.2. The number of rotatable bonds is 3. The van der Waals surface area contributed by atoms with Crippen LogP contribution in [0.2, 0.25) is 0 Å². The van der Waals surface area contributed by atoms with Crippen molar-refractivity contribution in [3.8, 4) is 0 Å². The molecule has 1 saturated heterocycles. The van der Waals surface area contributed by atoms with Gasteiger partial charge in [-0.3, -0.25) is 4.79 Å². The van der Waals surface area contributed by atoms with Crippen LogP contribution < -0.4 is 0 Å². The molecule has 1 amide bonds. The van der Waals surface area contributed by atoms with E-state index in [1.807, 2.05) is 23.1 Å². The second-order valence-corrected chi connectivity index (χ2v) is 7.28. The fourth-order valence-corrected chi connectivity index (χ4v) is 3.50. The minimum atomic E-state index is 0.114.